The van der Waals surface area contributed by atoms with Gasteiger partial charge in [0, 0.05) is 35.2 Å². The minimum atomic E-state index is -0.366. The van der Waals surface area contributed by atoms with Gasteiger partial charge in [0.2, 0.25) is 0 Å². The fourth-order valence-corrected chi connectivity index (χ4v) is 2.51. The van der Waals surface area contributed by atoms with Crippen molar-refractivity contribution in [1.29, 1.82) is 0 Å². The van der Waals surface area contributed by atoms with Gasteiger partial charge in [0.15, 0.2) is 0 Å². The number of aromatic nitrogens is 1. The summed E-state index contributed by atoms with van der Waals surface area (Å²) in [5.74, 6) is -0.335. The Bertz CT molecular complexity index is 798. The van der Waals surface area contributed by atoms with E-state index in [0.717, 1.165) is 0 Å². The Labute approximate surface area is 159 Å². The molecule has 0 spiro atoms. The number of carbonyl (C=O) groups excluding carboxylic acids is 2. The summed E-state index contributed by atoms with van der Waals surface area (Å²) in [6.45, 7) is 5.65. The van der Waals surface area contributed by atoms with Crippen molar-refractivity contribution in [3.05, 3.63) is 58.4 Å². The standard InChI is InChI=1S/C19H21ClN2O3.CH4/c1-19(2,3)22-18(25)16-9-12(6-7-21-16)8-15(23)11-13-10-14(20)4-5-17(13)24;/h4-7,9-10,24H,8,11H2,1-3H3,(H,22,25);1H4. The highest BCUT2D eigenvalue weighted by Gasteiger charge is 2.17. The number of ketones is 1. The zero-order chi connectivity index (χ0) is 18.6. The number of rotatable bonds is 5. The van der Waals surface area contributed by atoms with Gasteiger partial charge >= 0.3 is 0 Å². The number of benzene rings is 1. The zero-order valence-electron chi connectivity index (χ0n) is 14.5. The smallest absolute Gasteiger partial charge is 0.270 e. The molecule has 0 atom stereocenters. The monoisotopic (exact) mass is 376 g/mol. The number of nitrogens with zero attached hydrogens (tertiary/aromatic N) is 1. The van der Waals surface area contributed by atoms with Gasteiger partial charge in [0.25, 0.3) is 5.91 Å². The molecule has 0 saturated heterocycles. The van der Waals surface area contributed by atoms with Gasteiger partial charge in [-0.2, -0.15) is 0 Å². The molecule has 2 rings (SSSR count). The first-order chi connectivity index (χ1) is 11.6. The van der Waals surface area contributed by atoms with Crippen molar-refractivity contribution < 1.29 is 14.7 Å². The topological polar surface area (TPSA) is 79.3 Å². The largest absolute Gasteiger partial charge is 0.508 e. The lowest BCUT2D eigenvalue weighted by Crippen LogP contribution is -2.40. The van der Waals surface area contributed by atoms with Crippen molar-refractivity contribution in [1.82, 2.24) is 10.3 Å². The fraction of sp³-hybridized carbons (Fsp3) is 0.350. The Morgan fingerprint density at radius 1 is 1.15 bits per heavy atom. The van der Waals surface area contributed by atoms with Crippen LogP contribution in [0.1, 0.15) is 49.8 Å². The Kier molecular flexibility index (Phi) is 7.33. The van der Waals surface area contributed by atoms with Crippen molar-refractivity contribution in [2.75, 3.05) is 0 Å². The Morgan fingerprint density at radius 2 is 1.85 bits per heavy atom. The summed E-state index contributed by atoms with van der Waals surface area (Å²) in [5, 5.41) is 13.1. The van der Waals surface area contributed by atoms with E-state index in [1.807, 2.05) is 20.8 Å². The number of phenolic OH excluding ortho intramolecular Hbond substituents is 1. The maximum atomic E-state index is 12.3. The maximum Gasteiger partial charge on any atom is 0.270 e. The molecule has 1 aromatic heterocycles. The van der Waals surface area contributed by atoms with Crippen LogP contribution in [0.2, 0.25) is 5.02 Å². The lowest BCUT2D eigenvalue weighted by molar-refractivity contribution is -0.117. The molecule has 1 aromatic carbocycles. The zero-order valence-corrected chi connectivity index (χ0v) is 15.2. The first-order valence-corrected chi connectivity index (χ1v) is 8.28. The molecule has 5 nitrogen and oxygen atoms in total. The van der Waals surface area contributed by atoms with Crippen LogP contribution in [0.3, 0.4) is 0 Å². The third kappa shape index (κ3) is 6.48. The van der Waals surface area contributed by atoms with Crippen molar-refractivity contribution in [2.24, 2.45) is 0 Å². The van der Waals surface area contributed by atoms with E-state index in [1.54, 1.807) is 24.3 Å². The molecule has 0 radical (unpaired) electrons. The number of halogens is 1. The number of nitrogens with one attached hydrogen (secondary N) is 1. The second-order valence-electron chi connectivity index (χ2n) is 6.92. The molecule has 0 saturated carbocycles. The summed E-state index contributed by atoms with van der Waals surface area (Å²) < 4.78 is 0. The molecule has 0 bridgehead atoms. The van der Waals surface area contributed by atoms with Gasteiger partial charge in [0.05, 0.1) is 0 Å². The van der Waals surface area contributed by atoms with Gasteiger partial charge in [-0.05, 0) is 56.7 Å². The van der Waals surface area contributed by atoms with Crippen molar-refractivity contribution in [2.45, 2.75) is 46.6 Å². The predicted octanol–water partition coefficient (Wildman–Crippen LogP) is 3.96. The van der Waals surface area contributed by atoms with Gasteiger partial charge < -0.3 is 10.4 Å². The summed E-state index contributed by atoms with van der Waals surface area (Å²) >= 11 is 5.89. The molecule has 26 heavy (non-hydrogen) atoms. The second-order valence-corrected chi connectivity index (χ2v) is 7.36. The number of Topliss-reactive ketones (excluding diaryl/α,β-unsaturated/α-hetero) is 1. The highest BCUT2D eigenvalue weighted by atomic mass is 35.5. The van der Waals surface area contributed by atoms with Crippen LogP contribution >= 0.6 is 11.6 Å². The number of amides is 1. The number of pyridine rings is 1. The molecule has 0 unspecified atom stereocenters. The SMILES string of the molecule is C.CC(C)(C)NC(=O)c1cc(CC(=O)Cc2cc(Cl)ccc2O)ccn1. The van der Waals surface area contributed by atoms with E-state index in [-0.39, 0.29) is 48.9 Å². The first kappa shape index (κ1) is 21.6. The van der Waals surface area contributed by atoms with Gasteiger partial charge in [-0.1, -0.05) is 19.0 Å². The summed E-state index contributed by atoms with van der Waals surface area (Å²) in [4.78, 5) is 28.5. The van der Waals surface area contributed by atoms with Crippen LogP contribution in [0.25, 0.3) is 0 Å². The minimum absolute atomic E-state index is 0. The average molecular weight is 377 g/mol. The summed E-state index contributed by atoms with van der Waals surface area (Å²) in [6.07, 6.45) is 1.72. The summed E-state index contributed by atoms with van der Waals surface area (Å²) in [6, 6.07) is 7.91. The molecule has 2 N–H and O–H groups in total. The minimum Gasteiger partial charge on any atom is -0.508 e. The second kappa shape index (κ2) is 8.81. The predicted molar refractivity (Wildman–Crippen MR) is 104 cm³/mol. The van der Waals surface area contributed by atoms with E-state index in [4.69, 9.17) is 11.6 Å². The van der Waals surface area contributed by atoms with Crippen molar-refractivity contribution >= 4 is 23.3 Å². The third-order valence-corrected chi connectivity index (χ3v) is 3.61. The summed E-state index contributed by atoms with van der Waals surface area (Å²) in [5.41, 5.74) is 1.08. The van der Waals surface area contributed by atoms with Crippen LogP contribution in [0.5, 0.6) is 5.75 Å². The van der Waals surface area contributed by atoms with E-state index < -0.39 is 0 Å². The van der Waals surface area contributed by atoms with Crippen LogP contribution in [-0.4, -0.2) is 27.3 Å². The van der Waals surface area contributed by atoms with E-state index in [1.165, 1.54) is 12.3 Å². The lowest BCUT2D eigenvalue weighted by atomic mass is 10.0. The van der Waals surface area contributed by atoms with Crippen LogP contribution < -0.4 is 5.32 Å². The lowest BCUT2D eigenvalue weighted by Gasteiger charge is -2.20. The molecular weight excluding hydrogens is 352 g/mol. The molecule has 1 amide bonds. The normalized spacial score (nSPS) is 10.8. The summed E-state index contributed by atoms with van der Waals surface area (Å²) in [7, 11) is 0. The van der Waals surface area contributed by atoms with Crippen LogP contribution in [0.4, 0.5) is 0 Å². The number of aromatic hydroxyl groups is 1. The molecule has 2 aromatic rings. The van der Waals surface area contributed by atoms with E-state index in [2.05, 4.69) is 10.3 Å². The van der Waals surface area contributed by atoms with Crippen molar-refractivity contribution in [3.63, 3.8) is 0 Å². The van der Waals surface area contributed by atoms with Gasteiger partial charge in [-0.15, -0.1) is 0 Å². The van der Waals surface area contributed by atoms with Crippen LogP contribution in [-0.2, 0) is 17.6 Å². The van der Waals surface area contributed by atoms with Crippen LogP contribution in [0, 0.1) is 0 Å². The number of hydrogen-bond donors (Lipinski definition) is 2. The Balaban J connectivity index is 0.00000338. The molecular formula is C20H25ClN2O3. The van der Waals surface area contributed by atoms with Crippen LogP contribution in [0.15, 0.2) is 36.5 Å². The molecule has 0 aliphatic carbocycles. The van der Waals surface area contributed by atoms with Gasteiger partial charge in [0.1, 0.15) is 17.2 Å². The highest BCUT2D eigenvalue weighted by molar-refractivity contribution is 6.30. The van der Waals surface area contributed by atoms with Crippen molar-refractivity contribution in [3.8, 4) is 5.75 Å². The van der Waals surface area contributed by atoms with Gasteiger partial charge in [-0.3, -0.25) is 14.6 Å². The molecule has 0 aliphatic heterocycles. The maximum absolute atomic E-state index is 12.3. The Hall–Kier alpha value is -2.40. The van der Waals surface area contributed by atoms with E-state index in [0.29, 0.717) is 16.1 Å². The number of phenols is 1. The fourth-order valence-electron chi connectivity index (χ4n) is 2.31. The van der Waals surface area contributed by atoms with Gasteiger partial charge in [-0.25, -0.2) is 0 Å². The molecule has 6 heteroatoms. The molecule has 1 heterocycles. The third-order valence-electron chi connectivity index (χ3n) is 3.38. The van der Waals surface area contributed by atoms with E-state index in [9.17, 15) is 14.7 Å². The quantitative estimate of drug-likeness (QED) is 0.827. The molecule has 0 aliphatic rings. The average Bonchev–Trinajstić information content (AvgIpc) is 2.49. The molecule has 0 fully saturated rings. The number of carbonyl (C=O) groups is 2. The molecule has 140 valence electrons. The number of hydrogen-bond acceptors (Lipinski definition) is 4. The Morgan fingerprint density at radius 3 is 2.50 bits per heavy atom. The van der Waals surface area contributed by atoms with E-state index >= 15 is 0 Å². The highest BCUT2D eigenvalue weighted by Crippen LogP contribution is 2.22. The first-order valence-electron chi connectivity index (χ1n) is 7.90.